The third-order valence-electron chi connectivity index (χ3n) is 2.89. The molecule has 0 aliphatic carbocycles. The molecule has 5 nitrogen and oxygen atoms in total. The molecule has 1 fully saturated rings. The number of sulfonamides is 1. The summed E-state index contributed by atoms with van der Waals surface area (Å²) in [6.45, 7) is 5.42. The Morgan fingerprint density at radius 2 is 1.88 bits per heavy atom. The standard InChI is InChI=1S/C10H22ClN3O2S/c1-13-6-8-14(9-7-13)5-4-12-17(15,16)10-2-3-11/h12H,2-10H2,1H3. The highest BCUT2D eigenvalue weighted by Gasteiger charge is 2.14. The van der Waals surface area contributed by atoms with Gasteiger partial charge in [0.2, 0.25) is 10.0 Å². The van der Waals surface area contributed by atoms with Gasteiger partial charge in [-0.05, 0) is 13.5 Å². The maximum atomic E-state index is 11.5. The number of alkyl halides is 1. The predicted molar refractivity (Wildman–Crippen MR) is 71.1 cm³/mol. The summed E-state index contributed by atoms with van der Waals surface area (Å²) in [5, 5.41) is 0. The number of hydrogen-bond donors (Lipinski definition) is 1. The van der Waals surface area contributed by atoms with Crippen LogP contribution in [0.1, 0.15) is 6.42 Å². The smallest absolute Gasteiger partial charge is 0.211 e. The molecule has 0 amide bonds. The molecule has 1 aliphatic heterocycles. The van der Waals surface area contributed by atoms with Gasteiger partial charge in [0.05, 0.1) is 5.75 Å². The van der Waals surface area contributed by atoms with E-state index in [1.807, 2.05) is 0 Å². The highest BCUT2D eigenvalue weighted by atomic mass is 35.5. The molecule has 0 unspecified atom stereocenters. The monoisotopic (exact) mass is 283 g/mol. The van der Waals surface area contributed by atoms with Crippen molar-refractivity contribution in [2.75, 3.05) is 57.9 Å². The molecule has 0 aromatic carbocycles. The Morgan fingerprint density at radius 1 is 1.24 bits per heavy atom. The van der Waals surface area contributed by atoms with Gasteiger partial charge in [-0.15, -0.1) is 11.6 Å². The van der Waals surface area contributed by atoms with Crippen LogP contribution >= 0.6 is 11.6 Å². The Labute approximate surface area is 109 Å². The lowest BCUT2D eigenvalue weighted by atomic mass is 10.3. The summed E-state index contributed by atoms with van der Waals surface area (Å²) >= 11 is 5.47. The summed E-state index contributed by atoms with van der Waals surface area (Å²) in [7, 11) is -1.02. The molecule has 0 atom stereocenters. The van der Waals surface area contributed by atoms with Crippen LogP contribution in [-0.4, -0.2) is 76.2 Å². The summed E-state index contributed by atoms with van der Waals surface area (Å²) in [6, 6.07) is 0. The van der Waals surface area contributed by atoms with E-state index < -0.39 is 10.0 Å². The molecule has 1 heterocycles. The third kappa shape index (κ3) is 6.57. The van der Waals surface area contributed by atoms with Gasteiger partial charge < -0.3 is 4.90 Å². The van der Waals surface area contributed by atoms with Gasteiger partial charge in [0, 0.05) is 45.1 Å². The Balaban J connectivity index is 2.14. The van der Waals surface area contributed by atoms with Crippen LogP contribution in [0, 0.1) is 0 Å². The van der Waals surface area contributed by atoms with E-state index in [0.29, 0.717) is 18.8 Å². The van der Waals surface area contributed by atoms with E-state index in [2.05, 4.69) is 21.6 Å². The van der Waals surface area contributed by atoms with Crippen molar-refractivity contribution in [1.29, 1.82) is 0 Å². The maximum absolute atomic E-state index is 11.5. The zero-order valence-electron chi connectivity index (χ0n) is 10.4. The molecular formula is C10H22ClN3O2S. The minimum Gasteiger partial charge on any atom is -0.304 e. The van der Waals surface area contributed by atoms with E-state index in [1.165, 1.54) is 0 Å². The molecule has 1 aliphatic rings. The second kappa shape index (κ2) is 7.53. The number of rotatable bonds is 7. The van der Waals surface area contributed by atoms with Crippen LogP contribution < -0.4 is 4.72 Å². The van der Waals surface area contributed by atoms with Crippen LogP contribution in [-0.2, 0) is 10.0 Å². The number of halogens is 1. The summed E-state index contributed by atoms with van der Waals surface area (Å²) in [4.78, 5) is 4.56. The topological polar surface area (TPSA) is 52.6 Å². The van der Waals surface area contributed by atoms with Crippen LogP contribution in [0.2, 0.25) is 0 Å². The molecule has 0 bridgehead atoms. The zero-order chi connectivity index (χ0) is 12.7. The van der Waals surface area contributed by atoms with Crippen LogP contribution in [0.4, 0.5) is 0 Å². The lowest BCUT2D eigenvalue weighted by Gasteiger charge is -2.32. The summed E-state index contributed by atoms with van der Waals surface area (Å²) < 4.78 is 25.6. The molecule has 0 aromatic rings. The van der Waals surface area contributed by atoms with E-state index >= 15 is 0 Å². The molecular weight excluding hydrogens is 262 g/mol. The van der Waals surface area contributed by atoms with E-state index in [0.717, 1.165) is 32.7 Å². The SMILES string of the molecule is CN1CCN(CCNS(=O)(=O)CCCCl)CC1. The minimum atomic E-state index is -3.13. The Morgan fingerprint density at radius 3 is 2.47 bits per heavy atom. The summed E-state index contributed by atoms with van der Waals surface area (Å²) in [5.74, 6) is 0.513. The van der Waals surface area contributed by atoms with Crippen molar-refractivity contribution in [2.45, 2.75) is 6.42 Å². The number of piperazine rings is 1. The lowest BCUT2D eigenvalue weighted by molar-refractivity contribution is 0.156. The molecule has 0 radical (unpaired) electrons. The molecule has 1 saturated heterocycles. The highest BCUT2D eigenvalue weighted by molar-refractivity contribution is 7.89. The number of nitrogens with zero attached hydrogens (tertiary/aromatic N) is 2. The Hall–Kier alpha value is 0.120. The van der Waals surface area contributed by atoms with Crippen molar-refractivity contribution in [1.82, 2.24) is 14.5 Å². The molecule has 17 heavy (non-hydrogen) atoms. The van der Waals surface area contributed by atoms with Crippen molar-refractivity contribution in [3.05, 3.63) is 0 Å². The highest BCUT2D eigenvalue weighted by Crippen LogP contribution is 1.98. The van der Waals surface area contributed by atoms with Crippen molar-refractivity contribution in [3.63, 3.8) is 0 Å². The van der Waals surface area contributed by atoms with Crippen molar-refractivity contribution >= 4 is 21.6 Å². The Bertz CT molecular complexity index is 303. The summed E-state index contributed by atoms with van der Waals surface area (Å²) in [6.07, 6.45) is 0.505. The van der Waals surface area contributed by atoms with Gasteiger partial charge in [-0.25, -0.2) is 13.1 Å². The van der Waals surface area contributed by atoms with Gasteiger partial charge in [-0.1, -0.05) is 0 Å². The number of hydrogen-bond acceptors (Lipinski definition) is 4. The lowest BCUT2D eigenvalue weighted by Crippen LogP contribution is -2.47. The first kappa shape index (κ1) is 15.2. The molecule has 1 N–H and O–H groups in total. The first-order valence-electron chi connectivity index (χ1n) is 5.98. The van der Waals surface area contributed by atoms with Crippen LogP contribution in [0.3, 0.4) is 0 Å². The largest absolute Gasteiger partial charge is 0.304 e. The van der Waals surface area contributed by atoms with Crippen molar-refractivity contribution in [2.24, 2.45) is 0 Å². The molecule has 0 aromatic heterocycles. The first-order valence-corrected chi connectivity index (χ1v) is 8.16. The van der Waals surface area contributed by atoms with Crippen molar-refractivity contribution < 1.29 is 8.42 Å². The second-order valence-corrected chi connectivity index (χ2v) is 6.71. The number of nitrogens with one attached hydrogen (secondary N) is 1. The fourth-order valence-corrected chi connectivity index (χ4v) is 3.11. The quantitative estimate of drug-likeness (QED) is 0.657. The van der Waals surface area contributed by atoms with Gasteiger partial charge in [0.25, 0.3) is 0 Å². The minimum absolute atomic E-state index is 0.124. The molecule has 1 rings (SSSR count). The number of likely N-dealkylation sites (N-methyl/N-ethyl adjacent to an activating group) is 1. The zero-order valence-corrected chi connectivity index (χ0v) is 11.9. The van der Waals surface area contributed by atoms with E-state index in [9.17, 15) is 8.42 Å². The molecule has 0 saturated carbocycles. The van der Waals surface area contributed by atoms with E-state index in [-0.39, 0.29) is 5.75 Å². The first-order chi connectivity index (χ1) is 8.03. The fraction of sp³-hybridized carbons (Fsp3) is 1.00. The Kier molecular flexibility index (Phi) is 6.72. The third-order valence-corrected chi connectivity index (χ3v) is 4.63. The predicted octanol–water partition coefficient (Wildman–Crippen LogP) is -0.218. The maximum Gasteiger partial charge on any atom is 0.211 e. The van der Waals surface area contributed by atoms with Gasteiger partial charge in [0.15, 0.2) is 0 Å². The van der Waals surface area contributed by atoms with Gasteiger partial charge >= 0.3 is 0 Å². The molecule has 102 valence electrons. The fourth-order valence-electron chi connectivity index (χ4n) is 1.75. The summed E-state index contributed by atoms with van der Waals surface area (Å²) in [5.41, 5.74) is 0. The van der Waals surface area contributed by atoms with Gasteiger partial charge in [-0.2, -0.15) is 0 Å². The van der Waals surface area contributed by atoms with Crippen LogP contribution in [0.15, 0.2) is 0 Å². The average Bonchev–Trinajstić information content (AvgIpc) is 2.29. The van der Waals surface area contributed by atoms with Gasteiger partial charge in [-0.3, -0.25) is 4.90 Å². The second-order valence-electron chi connectivity index (χ2n) is 4.40. The average molecular weight is 284 g/mol. The molecule has 0 spiro atoms. The van der Waals surface area contributed by atoms with Crippen LogP contribution in [0.5, 0.6) is 0 Å². The van der Waals surface area contributed by atoms with Gasteiger partial charge in [0.1, 0.15) is 0 Å². The van der Waals surface area contributed by atoms with E-state index in [1.54, 1.807) is 0 Å². The molecule has 7 heteroatoms. The van der Waals surface area contributed by atoms with E-state index in [4.69, 9.17) is 11.6 Å². The van der Waals surface area contributed by atoms with Crippen molar-refractivity contribution in [3.8, 4) is 0 Å². The normalized spacial score (nSPS) is 19.6. The van der Waals surface area contributed by atoms with Crippen LogP contribution in [0.25, 0.3) is 0 Å².